The Bertz CT molecular complexity index is 588. The van der Waals surface area contributed by atoms with Crippen LogP contribution in [0.15, 0.2) is 18.2 Å². The third-order valence-corrected chi connectivity index (χ3v) is 4.23. The number of carbonyl (C=O) groups excluding carboxylic acids is 2. The largest absolute Gasteiger partial charge is 0.493 e. The zero-order valence-electron chi connectivity index (χ0n) is 14.7. The summed E-state index contributed by atoms with van der Waals surface area (Å²) in [4.78, 5) is 28.5. The number of hydrogen-bond donors (Lipinski definition) is 0. The van der Waals surface area contributed by atoms with Gasteiger partial charge in [0.2, 0.25) is 5.91 Å². The van der Waals surface area contributed by atoms with Gasteiger partial charge in [-0.3, -0.25) is 9.59 Å². The van der Waals surface area contributed by atoms with Crippen LogP contribution >= 0.6 is 0 Å². The van der Waals surface area contributed by atoms with Crippen LogP contribution in [0, 0.1) is 0 Å². The number of benzene rings is 1. The molecule has 1 heterocycles. The Hall–Kier alpha value is -2.24. The van der Waals surface area contributed by atoms with E-state index in [9.17, 15) is 9.59 Å². The second-order valence-corrected chi connectivity index (χ2v) is 5.85. The maximum Gasteiger partial charge on any atom is 0.254 e. The van der Waals surface area contributed by atoms with E-state index in [1.807, 2.05) is 11.8 Å². The molecule has 0 radical (unpaired) electrons. The highest BCUT2D eigenvalue weighted by Gasteiger charge is 2.23. The summed E-state index contributed by atoms with van der Waals surface area (Å²) in [6, 6.07) is 5.18. The highest BCUT2D eigenvalue weighted by Crippen LogP contribution is 2.28. The van der Waals surface area contributed by atoms with E-state index < -0.39 is 0 Å². The third-order valence-electron chi connectivity index (χ3n) is 4.23. The van der Waals surface area contributed by atoms with Crippen molar-refractivity contribution in [2.75, 3.05) is 40.4 Å². The second kappa shape index (κ2) is 8.57. The molecule has 1 aromatic rings. The number of hydrogen-bond acceptors (Lipinski definition) is 4. The monoisotopic (exact) mass is 334 g/mol. The molecule has 1 aliphatic heterocycles. The van der Waals surface area contributed by atoms with Gasteiger partial charge >= 0.3 is 0 Å². The van der Waals surface area contributed by atoms with Gasteiger partial charge in [0.05, 0.1) is 14.2 Å². The van der Waals surface area contributed by atoms with Crippen molar-refractivity contribution >= 4 is 11.8 Å². The number of ether oxygens (including phenoxy) is 2. The molecule has 132 valence electrons. The van der Waals surface area contributed by atoms with Crippen molar-refractivity contribution in [1.82, 2.24) is 9.80 Å². The summed E-state index contributed by atoms with van der Waals surface area (Å²) >= 11 is 0. The first-order valence-corrected chi connectivity index (χ1v) is 8.39. The van der Waals surface area contributed by atoms with E-state index >= 15 is 0 Å². The summed E-state index contributed by atoms with van der Waals surface area (Å²) < 4.78 is 10.5. The summed E-state index contributed by atoms with van der Waals surface area (Å²) in [5.41, 5.74) is 0.570. The van der Waals surface area contributed by atoms with Crippen LogP contribution < -0.4 is 9.47 Å². The Morgan fingerprint density at radius 2 is 1.67 bits per heavy atom. The molecule has 2 rings (SSSR count). The fraction of sp³-hybridized carbons (Fsp3) is 0.556. The minimum atomic E-state index is -0.0410. The average Bonchev–Trinajstić information content (AvgIpc) is 2.86. The first kappa shape index (κ1) is 18.1. The zero-order chi connectivity index (χ0) is 17.5. The van der Waals surface area contributed by atoms with Gasteiger partial charge in [-0.2, -0.15) is 0 Å². The molecule has 1 fully saturated rings. The SMILES string of the molecule is CCCC(=O)N1CCCN(C(=O)c2ccc(OC)c(OC)c2)CC1. The summed E-state index contributed by atoms with van der Waals surface area (Å²) in [7, 11) is 3.12. The van der Waals surface area contributed by atoms with Crippen LogP contribution in [0.25, 0.3) is 0 Å². The number of nitrogens with zero attached hydrogens (tertiary/aromatic N) is 2. The molecule has 0 atom stereocenters. The Labute approximate surface area is 143 Å². The number of methoxy groups -OCH3 is 2. The minimum Gasteiger partial charge on any atom is -0.493 e. The molecule has 0 unspecified atom stereocenters. The molecule has 0 aliphatic carbocycles. The summed E-state index contributed by atoms with van der Waals surface area (Å²) in [6.07, 6.45) is 2.22. The lowest BCUT2D eigenvalue weighted by Crippen LogP contribution is -2.37. The van der Waals surface area contributed by atoms with Gasteiger partial charge in [-0.05, 0) is 31.0 Å². The zero-order valence-corrected chi connectivity index (χ0v) is 14.7. The summed E-state index contributed by atoms with van der Waals surface area (Å²) in [6.45, 7) is 4.53. The molecule has 6 heteroatoms. The Kier molecular flexibility index (Phi) is 6.46. The van der Waals surface area contributed by atoms with Crippen LogP contribution in [0.3, 0.4) is 0 Å². The second-order valence-electron chi connectivity index (χ2n) is 5.85. The molecule has 1 aromatic carbocycles. The van der Waals surface area contributed by atoms with E-state index in [4.69, 9.17) is 9.47 Å². The minimum absolute atomic E-state index is 0.0410. The molecule has 0 N–H and O–H groups in total. The van der Waals surface area contributed by atoms with E-state index in [2.05, 4.69) is 0 Å². The molecule has 2 amide bonds. The molecule has 1 aliphatic rings. The average molecular weight is 334 g/mol. The fourth-order valence-corrected chi connectivity index (χ4v) is 2.89. The number of rotatable bonds is 5. The quantitative estimate of drug-likeness (QED) is 0.828. The Morgan fingerprint density at radius 3 is 2.33 bits per heavy atom. The Balaban J connectivity index is 2.06. The smallest absolute Gasteiger partial charge is 0.254 e. The summed E-state index contributed by atoms with van der Waals surface area (Å²) in [5, 5.41) is 0. The van der Waals surface area contributed by atoms with Crippen LogP contribution in [-0.2, 0) is 4.79 Å². The van der Waals surface area contributed by atoms with E-state index in [0.29, 0.717) is 49.7 Å². The molecule has 6 nitrogen and oxygen atoms in total. The third kappa shape index (κ3) is 4.19. The van der Waals surface area contributed by atoms with Gasteiger partial charge < -0.3 is 19.3 Å². The van der Waals surface area contributed by atoms with Gasteiger partial charge in [0.1, 0.15) is 0 Å². The summed E-state index contributed by atoms with van der Waals surface area (Å²) in [5.74, 6) is 1.28. The highest BCUT2D eigenvalue weighted by atomic mass is 16.5. The Morgan fingerprint density at radius 1 is 1.00 bits per heavy atom. The van der Waals surface area contributed by atoms with E-state index in [1.165, 1.54) is 0 Å². The lowest BCUT2D eigenvalue weighted by atomic mass is 10.1. The van der Waals surface area contributed by atoms with Crippen LogP contribution in [0.1, 0.15) is 36.5 Å². The highest BCUT2D eigenvalue weighted by molar-refractivity contribution is 5.95. The van der Waals surface area contributed by atoms with Crippen molar-refractivity contribution in [2.45, 2.75) is 26.2 Å². The van der Waals surface area contributed by atoms with Gasteiger partial charge in [-0.1, -0.05) is 6.92 Å². The van der Waals surface area contributed by atoms with Crippen molar-refractivity contribution < 1.29 is 19.1 Å². The van der Waals surface area contributed by atoms with Crippen molar-refractivity contribution in [3.8, 4) is 11.5 Å². The van der Waals surface area contributed by atoms with Crippen LogP contribution in [0.5, 0.6) is 11.5 Å². The first-order chi connectivity index (χ1) is 11.6. The van der Waals surface area contributed by atoms with E-state index in [1.54, 1.807) is 37.3 Å². The van der Waals surface area contributed by atoms with E-state index in [-0.39, 0.29) is 11.8 Å². The molecule has 24 heavy (non-hydrogen) atoms. The molecular weight excluding hydrogens is 308 g/mol. The van der Waals surface area contributed by atoms with Gasteiger partial charge in [-0.15, -0.1) is 0 Å². The van der Waals surface area contributed by atoms with Crippen LogP contribution in [0.4, 0.5) is 0 Å². The van der Waals surface area contributed by atoms with Crippen molar-refractivity contribution in [3.05, 3.63) is 23.8 Å². The fourth-order valence-electron chi connectivity index (χ4n) is 2.89. The number of carbonyl (C=O) groups is 2. The molecule has 0 aromatic heterocycles. The van der Waals surface area contributed by atoms with Crippen LogP contribution in [0.2, 0.25) is 0 Å². The van der Waals surface area contributed by atoms with Crippen molar-refractivity contribution in [1.29, 1.82) is 0 Å². The van der Waals surface area contributed by atoms with Crippen molar-refractivity contribution in [2.24, 2.45) is 0 Å². The molecular formula is C18H26N2O4. The molecule has 0 bridgehead atoms. The van der Waals surface area contributed by atoms with Gasteiger partial charge in [0, 0.05) is 38.2 Å². The number of amides is 2. The predicted octanol–water partition coefficient (Wildman–Crippen LogP) is 2.18. The molecule has 0 saturated carbocycles. The van der Waals surface area contributed by atoms with Crippen LogP contribution in [-0.4, -0.2) is 62.0 Å². The van der Waals surface area contributed by atoms with Gasteiger partial charge in [0.15, 0.2) is 11.5 Å². The molecule has 0 spiro atoms. The van der Waals surface area contributed by atoms with E-state index in [0.717, 1.165) is 12.8 Å². The predicted molar refractivity (Wildman–Crippen MR) is 91.6 cm³/mol. The maximum atomic E-state index is 12.7. The lowest BCUT2D eigenvalue weighted by Gasteiger charge is -2.22. The van der Waals surface area contributed by atoms with Crippen molar-refractivity contribution in [3.63, 3.8) is 0 Å². The normalized spacial score (nSPS) is 15.0. The maximum absolute atomic E-state index is 12.7. The van der Waals surface area contributed by atoms with Gasteiger partial charge in [0.25, 0.3) is 5.91 Å². The lowest BCUT2D eigenvalue weighted by molar-refractivity contribution is -0.131. The molecule has 1 saturated heterocycles. The van der Waals surface area contributed by atoms with Gasteiger partial charge in [-0.25, -0.2) is 0 Å². The topological polar surface area (TPSA) is 59.1 Å². The first-order valence-electron chi connectivity index (χ1n) is 8.39. The standard InChI is InChI=1S/C18H26N2O4/c1-4-6-17(21)19-9-5-10-20(12-11-19)18(22)14-7-8-15(23-2)16(13-14)24-3/h7-8,13H,4-6,9-12H2,1-3H3.